The average Bonchev–Trinajstić information content (AvgIpc) is 2.60. The fraction of sp³-hybridized carbons (Fsp3) is 0.929. The number of amides is 1. The molecule has 17 heavy (non-hydrogen) atoms. The Morgan fingerprint density at radius 3 is 2.47 bits per heavy atom. The summed E-state index contributed by atoms with van der Waals surface area (Å²) in [4.78, 5) is 11.4. The summed E-state index contributed by atoms with van der Waals surface area (Å²) in [6.45, 7) is 4.80. The van der Waals surface area contributed by atoms with E-state index in [1.807, 2.05) is 0 Å². The molecular formula is C14H28N2O. The van der Waals surface area contributed by atoms with Crippen LogP contribution in [0, 0.1) is 5.92 Å². The lowest BCUT2D eigenvalue weighted by Crippen LogP contribution is -2.30. The first-order valence-corrected chi connectivity index (χ1v) is 7.30. The molecule has 0 heterocycles. The lowest BCUT2D eigenvalue weighted by Gasteiger charge is -2.14. The van der Waals surface area contributed by atoms with Crippen molar-refractivity contribution >= 4 is 5.91 Å². The maximum absolute atomic E-state index is 11.4. The molecule has 0 saturated heterocycles. The first-order chi connectivity index (χ1) is 8.33. The number of rotatable bonds is 7. The highest BCUT2D eigenvalue weighted by Gasteiger charge is 2.11. The van der Waals surface area contributed by atoms with Crippen molar-refractivity contribution < 1.29 is 4.79 Å². The maximum atomic E-state index is 11.4. The van der Waals surface area contributed by atoms with Gasteiger partial charge in [0.25, 0.3) is 0 Å². The van der Waals surface area contributed by atoms with Gasteiger partial charge in [0.15, 0.2) is 0 Å². The highest BCUT2D eigenvalue weighted by Crippen LogP contribution is 2.21. The zero-order chi connectivity index (χ0) is 12.3. The molecule has 0 bridgehead atoms. The van der Waals surface area contributed by atoms with Crippen LogP contribution in [0.25, 0.3) is 0 Å². The van der Waals surface area contributed by atoms with Crippen molar-refractivity contribution in [1.82, 2.24) is 10.6 Å². The molecule has 3 heteroatoms. The number of carbonyl (C=O) groups is 1. The van der Waals surface area contributed by atoms with E-state index in [9.17, 15) is 4.79 Å². The molecule has 0 radical (unpaired) electrons. The lowest BCUT2D eigenvalue weighted by atomic mass is 10.0. The van der Waals surface area contributed by atoms with E-state index in [1.54, 1.807) is 0 Å². The molecule has 0 aliphatic heterocycles. The number of hydrogen-bond acceptors (Lipinski definition) is 2. The summed E-state index contributed by atoms with van der Waals surface area (Å²) in [5.74, 6) is 1.02. The largest absolute Gasteiger partial charge is 0.356 e. The van der Waals surface area contributed by atoms with Crippen molar-refractivity contribution in [2.45, 2.75) is 58.3 Å². The Bertz CT molecular complexity index is 198. The smallest absolute Gasteiger partial charge is 0.221 e. The average molecular weight is 240 g/mol. The van der Waals surface area contributed by atoms with Gasteiger partial charge in [-0.1, -0.05) is 32.6 Å². The van der Waals surface area contributed by atoms with Crippen molar-refractivity contribution in [3.8, 4) is 0 Å². The predicted octanol–water partition coefficient (Wildman–Crippen LogP) is 2.46. The number of nitrogens with one attached hydrogen (secondary N) is 2. The van der Waals surface area contributed by atoms with Gasteiger partial charge in [0.05, 0.1) is 0 Å². The third-order valence-electron chi connectivity index (χ3n) is 3.51. The van der Waals surface area contributed by atoms with Crippen LogP contribution in [0.5, 0.6) is 0 Å². The quantitative estimate of drug-likeness (QED) is 0.530. The molecule has 1 fully saturated rings. The Morgan fingerprint density at radius 2 is 1.82 bits per heavy atom. The van der Waals surface area contributed by atoms with Gasteiger partial charge in [-0.15, -0.1) is 0 Å². The monoisotopic (exact) mass is 240 g/mol. The summed E-state index contributed by atoms with van der Waals surface area (Å²) >= 11 is 0. The third-order valence-corrected chi connectivity index (χ3v) is 3.51. The standard InChI is InChI=1S/C14H28N2O/c1-2-10-16-14(17)9-11-15-12-13-7-5-3-4-6-8-13/h13,15H,2-12H2,1H3,(H,16,17). The SMILES string of the molecule is CCCNC(=O)CCNCC1CCCCCC1. The van der Waals surface area contributed by atoms with Crippen molar-refractivity contribution in [1.29, 1.82) is 0 Å². The second-order valence-corrected chi connectivity index (χ2v) is 5.16. The van der Waals surface area contributed by atoms with Crippen LogP contribution >= 0.6 is 0 Å². The highest BCUT2D eigenvalue weighted by atomic mass is 16.1. The van der Waals surface area contributed by atoms with Gasteiger partial charge in [0.2, 0.25) is 5.91 Å². The molecule has 1 saturated carbocycles. The van der Waals surface area contributed by atoms with Crippen LogP contribution < -0.4 is 10.6 Å². The summed E-state index contributed by atoms with van der Waals surface area (Å²) in [6.07, 6.45) is 9.98. The zero-order valence-electron chi connectivity index (χ0n) is 11.3. The number of carbonyl (C=O) groups excluding carboxylic acids is 1. The minimum atomic E-state index is 0.181. The van der Waals surface area contributed by atoms with E-state index in [0.717, 1.165) is 32.0 Å². The molecule has 1 amide bonds. The molecule has 0 unspecified atom stereocenters. The third kappa shape index (κ3) is 7.37. The Balaban J connectivity index is 1.97. The van der Waals surface area contributed by atoms with Crippen LogP contribution in [0.2, 0.25) is 0 Å². The van der Waals surface area contributed by atoms with Gasteiger partial charge in [-0.2, -0.15) is 0 Å². The molecule has 1 aliphatic rings. The molecule has 0 aromatic carbocycles. The van der Waals surface area contributed by atoms with Gasteiger partial charge < -0.3 is 10.6 Å². The Hall–Kier alpha value is -0.570. The Labute approximate surface area is 106 Å². The Morgan fingerprint density at radius 1 is 1.12 bits per heavy atom. The molecule has 0 spiro atoms. The zero-order valence-corrected chi connectivity index (χ0v) is 11.3. The van der Waals surface area contributed by atoms with Gasteiger partial charge in [-0.25, -0.2) is 0 Å². The minimum Gasteiger partial charge on any atom is -0.356 e. The highest BCUT2D eigenvalue weighted by molar-refractivity contribution is 5.75. The predicted molar refractivity (Wildman–Crippen MR) is 72.0 cm³/mol. The summed E-state index contributed by atoms with van der Waals surface area (Å²) in [5, 5.41) is 6.33. The van der Waals surface area contributed by atoms with E-state index >= 15 is 0 Å². The summed E-state index contributed by atoms with van der Waals surface area (Å²) in [6, 6.07) is 0. The molecule has 2 N–H and O–H groups in total. The van der Waals surface area contributed by atoms with Crippen LogP contribution in [0.4, 0.5) is 0 Å². The van der Waals surface area contributed by atoms with Gasteiger partial charge in [0, 0.05) is 19.5 Å². The molecule has 0 aromatic heterocycles. The molecular weight excluding hydrogens is 212 g/mol. The van der Waals surface area contributed by atoms with E-state index in [-0.39, 0.29) is 5.91 Å². The first-order valence-electron chi connectivity index (χ1n) is 7.30. The van der Waals surface area contributed by atoms with Gasteiger partial charge in [0.1, 0.15) is 0 Å². The summed E-state index contributed by atoms with van der Waals surface area (Å²) < 4.78 is 0. The van der Waals surface area contributed by atoms with E-state index in [2.05, 4.69) is 17.6 Å². The second-order valence-electron chi connectivity index (χ2n) is 5.16. The van der Waals surface area contributed by atoms with Crippen LogP contribution in [-0.2, 0) is 4.79 Å². The molecule has 100 valence electrons. The Kier molecular flexibility index (Phi) is 8.06. The maximum Gasteiger partial charge on any atom is 0.221 e. The molecule has 0 atom stereocenters. The normalized spacial score (nSPS) is 17.7. The van der Waals surface area contributed by atoms with Crippen molar-refractivity contribution in [3.63, 3.8) is 0 Å². The van der Waals surface area contributed by atoms with Crippen LogP contribution in [0.1, 0.15) is 58.3 Å². The van der Waals surface area contributed by atoms with E-state index in [0.29, 0.717) is 6.42 Å². The second kappa shape index (κ2) is 9.46. The van der Waals surface area contributed by atoms with E-state index in [1.165, 1.54) is 38.5 Å². The van der Waals surface area contributed by atoms with Gasteiger partial charge in [-0.05, 0) is 31.7 Å². The first kappa shape index (κ1) is 14.5. The topological polar surface area (TPSA) is 41.1 Å². The van der Waals surface area contributed by atoms with Crippen molar-refractivity contribution in [2.24, 2.45) is 5.92 Å². The molecule has 1 rings (SSSR count). The number of hydrogen-bond donors (Lipinski definition) is 2. The fourth-order valence-electron chi connectivity index (χ4n) is 2.43. The van der Waals surface area contributed by atoms with E-state index < -0.39 is 0 Å². The van der Waals surface area contributed by atoms with Gasteiger partial charge >= 0.3 is 0 Å². The van der Waals surface area contributed by atoms with Crippen molar-refractivity contribution in [3.05, 3.63) is 0 Å². The summed E-state index contributed by atoms with van der Waals surface area (Å²) in [5.41, 5.74) is 0. The van der Waals surface area contributed by atoms with Crippen LogP contribution in [-0.4, -0.2) is 25.5 Å². The van der Waals surface area contributed by atoms with Crippen LogP contribution in [0.3, 0.4) is 0 Å². The molecule has 1 aliphatic carbocycles. The molecule has 3 nitrogen and oxygen atoms in total. The minimum absolute atomic E-state index is 0.181. The molecule has 0 aromatic rings. The van der Waals surface area contributed by atoms with Gasteiger partial charge in [-0.3, -0.25) is 4.79 Å². The lowest BCUT2D eigenvalue weighted by molar-refractivity contribution is -0.120. The fourth-order valence-corrected chi connectivity index (χ4v) is 2.43. The van der Waals surface area contributed by atoms with Crippen LogP contribution in [0.15, 0.2) is 0 Å². The summed E-state index contributed by atoms with van der Waals surface area (Å²) in [7, 11) is 0. The van der Waals surface area contributed by atoms with Crippen molar-refractivity contribution in [2.75, 3.05) is 19.6 Å². The van der Waals surface area contributed by atoms with E-state index in [4.69, 9.17) is 0 Å².